The smallest absolute Gasteiger partial charge is 0.288 e. The van der Waals surface area contributed by atoms with Crippen molar-refractivity contribution < 1.29 is 9.72 Å². The van der Waals surface area contributed by atoms with Crippen LogP contribution in [0.15, 0.2) is 18.2 Å². The molecule has 0 atom stereocenters. The van der Waals surface area contributed by atoms with Crippen molar-refractivity contribution in [3.8, 4) is 0 Å². The molecule has 1 amide bonds. The van der Waals surface area contributed by atoms with Crippen molar-refractivity contribution in [2.75, 3.05) is 6.54 Å². The van der Waals surface area contributed by atoms with Crippen LogP contribution in [-0.4, -0.2) is 17.4 Å². The van der Waals surface area contributed by atoms with Gasteiger partial charge in [-0.2, -0.15) is 0 Å². The van der Waals surface area contributed by atoms with Crippen LogP contribution < -0.4 is 5.32 Å². The third kappa shape index (κ3) is 4.00. The van der Waals surface area contributed by atoms with E-state index >= 15 is 0 Å². The molecule has 0 fully saturated rings. The summed E-state index contributed by atoms with van der Waals surface area (Å²) in [5, 5.41) is 13.4. The minimum Gasteiger partial charge on any atom is -0.352 e. The first-order valence-corrected chi connectivity index (χ1v) is 6.01. The molecular weight excluding hydrogens is 256 g/mol. The molecule has 98 valence electrons. The maximum absolute atomic E-state index is 11.7. The molecule has 1 aromatic carbocycles. The Labute approximate surface area is 110 Å². The van der Waals surface area contributed by atoms with Crippen LogP contribution in [0.3, 0.4) is 0 Å². The number of amides is 1. The molecule has 0 aliphatic carbocycles. The summed E-state index contributed by atoms with van der Waals surface area (Å²) < 4.78 is 0. The highest BCUT2D eigenvalue weighted by Crippen LogP contribution is 2.24. The second-order valence-electron chi connectivity index (χ2n) is 4.36. The first kappa shape index (κ1) is 14.4. The number of carbonyl (C=O) groups excluding carboxylic acids is 1. The average Bonchev–Trinajstić information content (AvgIpc) is 2.28. The van der Waals surface area contributed by atoms with Gasteiger partial charge in [0.2, 0.25) is 0 Å². The van der Waals surface area contributed by atoms with Gasteiger partial charge in [-0.15, -0.1) is 0 Å². The van der Waals surface area contributed by atoms with E-state index in [4.69, 9.17) is 11.6 Å². The maximum Gasteiger partial charge on any atom is 0.288 e. The molecule has 0 spiro atoms. The predicted molar refractivity (Wildman–Crippen MR) is 69.9 cm³/mol. The molecular formula is C12H15ClN2O3. The van der Waals surface area contributed by atoms with Gasteiger partial charge in [-0.1, -0.05) is 25.4 Å². The Morgan fingerprint density at radius 3 is 2.72 bits per heavy atom. The number of nitrogens with zero attached hydrogens (tertiary/aromatic N) is 1. The van der Waals surface area contributed by atoms with Gasteiger partial charge >= 0.3 is 0 Å². The van der Waals surface area contributed by atoms with Crippen LogP contribution in [0.1, 0.15) is 30.6 Å². The SMILES string of the molecule is CC(C)CCNC(=O)c1ccc(Cl)c([N+](=O)[O-])c1. The van der Waals surface area contributed by atoms with Crippen LogP contribution in [0, 0.1) is 16.0 Å². The lowest BCUT2D eigenvalue weighted by Crippen LogP contribution is -2.25. The lowest BCUT2D eigenvalue weighted by molar-refractivity contribution is -0.384. The van der Waals surface area contributed by atoms with Crippen LogP contribution in [0.5, 0.6) is 0 Å². The van der Waals surface area contributed by atoms with Crippen molar-refractivity contribution in [2.24, 2.45) is 5.92 Å². The molecule has 0 saturated carbocycles. The van der Waals surface area contributed by atoms with E-state index in [1.165, 1.54) is 18.2 Å². The summed E-state index contributed by atoms with van der Waals surface area (Å²) in [5.74, 6) is 0.167. The fourth-order valence-electron chi connectivity index (χ4n) is 1.37. The van der Waals surface area contributed by atoms with Gasteiger partial charge in [0.05, 0.1) is 4.92 Å². The molecule has 0 radical (unpaired) electrons. The van der Waals surface area contributed by atoms with Gasteiger partial charge < -0.3 is 5.32 Å². The van der Waals surface area contributed by atoms with E-state index in [-0.39, 0.29) is 22.2 Å². The molecule has 1 rings (SSSR count). The summed E-state index contributed by atoms with van der Waals surface area (Å²) in [4.78, 5) is 21.8. The molecule has 1 aromatic rings. The van der Waals surface area contributed by atoms with Gasteiger partial charge in [-0.3, -0.25) is 14.9 Å². The molecule has 1 N–H and O–H groups in total. The summed E-state index contributed by atoms with van der Waals surface area (Å²) in [6.45, 7) is 4.66. The summed E-state index contributed by atoms with van der Waals surface area (Å²) in [6.07, 6.45) is 0.863. The van der Waals surface area contributed by atoms with E-state index in [2.05, 4.69) is 19.2 Å². The lowest BCUT2D eigenvalue weighted by Gasteiger charge is -2.07. The monoisotopic (exact) mass is 270 g/mol. The van der Waals surface area contributed by atoms with E-state index in [1.54, 1.807) is 0 Å². The molecule has 0 aromatic heterocycles. The number of carbonyl (C=O) groups is 1. The first-order chi connectivity index (χ1) is 8.41. The number of halogens is 1. The van der Waals surface area contributed by atoms with Gasteiger partial charge in [0.1, 0.15) is 5.02 Å². The minimum atomic E-state index is -0.604. The van der Waals surface area contributed by atoms with Gasteiger partial charge in [0.15, 0.2) is 0 Å². The van der Waals surface area contributed by atoms with Gasteiger partial charge in [-0.05, 0) is 24.5 Å². The minimum absolute atomic E-state index is 0.0266. The summed E-state index contributed by atoms with van der Waals surface area (Å²) in [6, 6.07) is 4.02. The van der Waals surface area contributed by atoms with Crippen LogP contribution in [0.25, 0.3) is 0 Å². The molecule has 0 aliphatic rings. The van der Waals surface area contributed by atoms with Crippen LogP contribution in [0.2, 0.25) is 5.02 Å². The second kappa shape index (κ2) is 6.35. The topological polar surface area (TPSA) is 72.2 Å². The maximum atomic E-state index is 11.7. The van der Waals surface area contributed by atoms with E-state index < -0.39 is 4.92 Å². The number of hydrogen-bond acceptors (Lipinski definition) is 3. The second-order valence-corrected chi connectivity index (χ2v) is 4.77. The average molecular weight is 271 g/mol. The molecule has 0 saturated heterocycles. The number of hydrogen-bond donors (Lipinski definition) is 1. The van der Waals surface area contributed by atoms with Crippen molar-refractivity contribution in [2.45, 2.75) is 20.3 Å². The molecule has 0 bridgehead atoms. The fourth-order valence-corrected chi connectivity index (χ4v) is 1.56. The van der Waals surface area contributed by atoms with Crippen molar-refractivity contribution in [1.82, 2.24) is 5.32 Å². The molecule has 0 unspecified atom stereocenters. The van der Waals surface area contributed by atoms with E-state index in [0.29, 0.717) is 12.5 Å². The highest BCUT2D eigenvalue weighted by molar-refractivity contribution is 6.32. The molecule has 0 heterocycles. The highest BCUT2D eigenvalue weighted by atomic mass is 35.5. The molecule has 18 heavy (non-hydrogen) atoms. The largest absolute Gasteiger partial charge is 0.352 e. The summed E-state index contributed by atoms with van der Waals surface area (Å²) in [5.41, 5.74) is -0.0111. The van der Waals surface area contributed by atoms with Crippen molar-refractivity contribution in [3.63, 3.8) is 0 Å². The third-order valence-corrected chi connectivity index (χ3v) is 2.73. The standard InChI is InChI=1S/C12H15ClN2O3/c1-8(2)5-6-14-12(16)9-3-4-10(13)11(7-9)15(17)18/h3-4,7-8H,5-6H2,1-2H3,(H,14,16). The predicted octanol–water partition coefficient (Wildman–Crippen LogP) is 3.02. The molecule has 0 aliphatic heterocycles. The Morgan fingerprint density at radius 1 is 1.50 bits per heavy atom. The first-order valence-electron chi connectivity index (χ1n) is 5.64. The van der Waals surface area contributed by atoms with Gasteiger partial charge in [-0.25, -0.2) is 0 Å². The fraction of sp³-hybridized carbons (Fsp3) is 0.417. The van der Waals surface area contributed by atoms with E-state index in [0.717, 1.165) is 6.42 Å². The summed E-state index contributed by atoms with van der Waals surface area (Å²) >= 11 is 5.67. The third-order valence-electron chi connectivity index (χ3n) is 2.41. The van der Waals surface area contributed by atoms with Crippen LogP contribution >= 0.6 is 11.6 Å². The van der Waals surface area contributed by atoms with Crippen molar-refractivity contribution >= 4 is 23.2 Å². The zero-order valence-corrected chi connectivity index (χ0v) is 11.0. The van der Waals surface area contributed by atoms with Crippen molar-refractivity contribution in [1.29, 1.82) is 0 Å². The number of rotatable bonds is 5. The number of nitro benzene ring substituents is 1. The van der Waals surface area contributed by atoms with Crippen LogP contribution in [-0.2, 0) is 0 Å². The zero-order valence-electron chi connectivity index (χ0n) is 10.3. The Kier molecular flexibility index (Phi) is 5.09. The van der Waals surface area contributed by atoms with Gasteiger partial charge in [0.25, 0.3) is 11.6 Å². The van der Waals surface area contributed by atoms with Gasteiger partial charge in [0, 0.05) is 18.2 Å². The Bertz CT molecular complexity index is 461. The Balaban J connectivity index is 2.74. The normalized spacial score (nSPS) is 10.4. The van der Waals surface area contributed by atoms with Crippen LogP contribution in [0.4, 0.5) is 5.69 Å². The highest BCUT2D eigenvalue weighted by Gasteiger charge is 2.15. The number of nitrogens with one attached hydrogen (secondary N) is 1. The summed E-state index contributed by atoms with van der Waals surface area (Å²) in [7, 11) is 0. The van der Waals surface area contributed by atoms with E-state index in [1.807, 2.05) is 0 Å². The Hall–Kier alpha value is -1.62. The zero-order chi connectivity index (χ0) is 13.7. The van der Waals surface area contributed by atoms with Crippen molar-refractivity contribution in [3.05, 3.63) is 38.9 Å². The number of nitro groups is 1. The lowest BCUT2D eigenvalue weighted by atomic mass is 10.1. The quantitative estimate of drug-likeness (QED) is 0.660. The molecule has 6 heteroatoms. The molecule has 5 nitrogen and oxygen atoms in total. The van der Waals surface area contributed by atoms with E-state index in [9.17, 15) is 14.9 Å². The number of benzene rings is 1. The Morgan fingerprint density at radius 2 is 2.17 bits per heavy atom.